The third kappa shape index (κ3) is 4.37. The Bertz CT molecular complexity index is 1550. The van der Waals surface area contributed by atoms with E-state index in [1.807, 2.05) is 0 Å². The van der Waals surface area contributed by atoms with E-state index >= 15 is 0 Å². The topological polar surface area (TPSA) is 187 Å². The van der Waals surface area contributed by atoms with Gasteiger partial charge in [0.1, 0.15) is 6.04 Å². The van der Waals surface area contributed by atoms with E-state index in [0.717, 1.165) is 29.6 Å². The van der Waals surface area contributed by atoms with Gasteiger partial charge >= 0.3 is 24.3 Å². The number of aliphatic hydroxyl groups is 1. The minimum absolute atomic E-state index is 0.00197. The maximum atomic E-state index is 13.7. The number of aliphatic imine (C=N–C) groups is 1. The first-order valence-electron chi connectivity index (χ1n) is 14.4. The van der Waals surface area contributed by atoms with Gasteiger partial charge in [-0.25, -0.2) is 9.79 Å². The number of carbonyl (C=O) groups excluding carboxylic acids is 3. The van der Waals surface area contributed by atoms with Crippen LogP contribution in [0.2, 0.25) is 0 Å². The van der Waals surface area contributed by atoms with Crippen molar-refractivity contribution in [1.29, 1.82) is 0 Å². The first kappa shape index (κ1) is 31.7. The number of esters is 1. The molecule has 250 valence electrons. The van der Waals surface area contributed by atoms with Gasteiger partial charge in [0, 0.05) is 0 Å². The van der Waals surface area contributed by atoms with Crippen LogP contribution in [0, 0.1) is 11.8 Å². The summed E-state index contributed by atoms with van der Waals surface area (Å²) in [5.41, 5.74) is 2.91. The van der Waals surface area contributed by atoms with Crippen LogP contribution in [-0.4, -0.2) is 97.1 Å². The minimum Gasteiger partial charge on any atom is -0.454 e. The molecule has 0 radical (unpaired) electrons. The highest BCUT2D eigenvalue weighted by Crippen LogP contribution is 2.48. The molecule has 19 heteroatoms. The fourth-order valence-electron chi connectivity index (χ4n) is 7.61. The number of carbonyl (C=O) groups is 3. The molecule has 4 aliphatic heterocycles. The molecule has 13 nitrogen and oxygen atoms in total. The third-order valence-electron chi connectivity index (χ3n) is 9.80. The Morgan fingerprint density at radius 3 is 2.28 bits per heavy atom. The van der Waals surface area contributed by atoms with Crippen LogP contribution in [-0.2, 0) is 26.7 Å². The lowest BCUT2D eigenvalue weighted by Crippen LogP contribution is -2.76. The van der Waals surface area contributed by atoms with Gasteiger partial charge in [-0.05, 0) is 38.0 Å². The van der Waals surface area contributed by atoms with Gasteiger partial charge in [-0.15, -0.1) is 0 Å². The number of fused-ring (bicyclic) bond motifs is 1. The van der Waals surface area contributed by atoms with E-state index in [1.165, 1.54) is 0 Å². The SMILES string of the molecule is C[C@]1(O)[C@@H](OC(=O)c2cc(C(F)(F)F)ccc2C(F)(F)F)CN2C(N)=NC(CN3C(=O)C4CCCCC4C3=O)C3NC(N)=[N+](O)C321. The van der Waals surface area contributed by atoms with E-state index in [0.29, 0.717) is 17.6 Å². The number of nitrogens with two attached hydrogens (primary N) is 2. The molecular formula is C27H30F6N7O6+. The number of amides is 2. The molecule has 1 aliphatic carbocycles. The predicted molar refractivity (Wildman–Crippen MR) is 141 cm³/mol. The van der Waals surface area contributed by atoms with Crippen LogP contribution in [0.1, 0.15) is 54.1 Å². The van der Waals surface area contributed by atoms with Crippen molar-refractivity contribution in [2.24, 2.45) is 28.3 Å². The van der Waals surface area contributed by atoms with Crippen LogP contribution in [0.25, 0.3) is 0 Å². The highest BCUT2D eigenvalue weighted by Gasteiger charge is 2.78. The van der Waals surface area contributed by atoms with Crippen molar-refractivity contribution in [3.05, 3.63) is 34.9 Å². The predicted octanol–water partition coefficient (Wildman–Crippen LogP) is 0.573. The zero-order valence-electron chi connectivity index (χ0n) is 24.1. The molecule has 0 bridgehead atoms. The lowest BCUT2D eigenvalue weighted by Gasteiger charge is -2.47. The molecule has 1 spiro atoms. The molecule has 2 saturated heterocycles. The van der Waals surface area contributed by atoms with Crippen molar-refractivity contribution >= 4 is 29.7 Å². The quantitative estimate of drug-likeness (QED) is 0.100. The number of alkyl halides is 6. The lowest BCUT2D eigenvalue weighted by atomic mass is 9.79. The first-order valence-corrected chi connectivity index (χ1v) is 14.4. The van der Waals surface area contributed by atoms with Gasteiger partial charge in [0.05, 0.1) is 41.6 Å². The van der Waals surface area contributed by atoms with Gasteiger partial charge in [-0.3, -0.25) is 30.4 Å². The Balaban J connectivity index is 1.34. The third-order valence-corrected chi connectivity index (χ3v) is 9.80. The zero-order valence-corrected chi connectivity index (χ0v) is 24.1. The molecule has 5 aliphatic rings. The van der Waals surface area contributed by atoms with Gasteiger partial charge in [0.15, 0.2) is 23.7 Å². The largest absolute Gasteiger partial charge is 0.454 e. The summed E-state index contributed by atoms with van der Waals surface area (Å²) in [6.07, 6.45) is -9.53. The monoisotopic (exact) mass is 662 g/mol. The number of nitrogens with zero attached hydrogens (tertiary/aromatic N) is 4. The number of likely N-dealkylation sites (tertiary alicyclic amines) is 1. The minimum atomic E-state index is -5.25. The smallest absolute Gasteiger partial charge is 0.417 e. The number of nitrogens with one attached hydrogen (secondary N) is 1. The number of hydrogen-bond acceptors (Lipinski definition) is 11. The van der Waals surface area contributed by atoms with E-state index in [1.54, 1.807) is 0 Å². The summed E-state index contributed by atoms with van der Waals surface area (Å²) in [7, 11) is 0. The van der Waals surface area contributed by atoms with Gasteiger partial charge in [0.2, 0.25) is 11.8 Å². The number of imide groups is 1. The average molecular weight is 663 g/mol. The standard InChI is InChI=1S/C27H29F6N7O6/c1-24(44)17(46-21(43)14-8-11(26(28,29)30)6-7-15(14)27(31,32)33)10-39-22(34)36-16(18-25(24,39)40(45)23(35)37-18)9-38-19(41)12-4-2-3-5-13(12)20(38)42/h6-8,12-13,16-18,44-45H,2-5,9-10H2,1H3,(H4,34,35,36,37)/p+1/t12?,13?,16?,17-,18?,24-,25?/m0/s1. The van der Waals surface area contributed by atoms with Crippen LogP contribution in [0.3, 0.4) is 0 Å². The van der Waals surface area contributed by atoms with Gasteiger partial charge in [-0.1, -0.05) is 17.6 Å². The molecule has 0 aromatic heterocycles. The number of hydrogen-bond donors (Lipinski definition) is 5. The molecule has 7 N–H and O–H groups in total. The zero-order chi connectivity index (χ0) is 33.7. The van der Waals surface area contributed by atoms with Crippen LogP contribution in [0.4, 0.5) is 26.3 Å². The molecular weight excluding hydrogens is 632 g/mol. The van der Waals surface area contributed by atoms with Gasteiger partial charge in [-0.2, -0.15) is 26.3 Å². The summed E-state index contributed by atoms with van der Waals surface area (Å²) < 4.78 is 87.0. The molecule has 4 heterocycles. The van der Waals surface area contributed by atoms with Crippen molar-refractivity contribution in [1.82, 2.24) is 15.1 Å². The number of guanidine groups is 2. The number of benzene rings is 1. The Hall–Kier alpha value is -4.29. The number of hydroxylamine groups is 1. The van der Waals surface area contributed by atoms with Crippen molar-refractivity contribution in [3.8, 4) is 0 Å². The summed E-state index contributed by atoms with van der Waals surface area (Å²) >= 11 is 0. The van der Waals surface area contributed by atoms with Crippen LogP contribution in [0.15, 0.2) is 23.2 Å². The van der Waals surface area contributed by atoms with E-state index < -0.39 is 101 Å². The molecule has 46 heavy (non-hydrogen) atoms. The summed E-state index contributed by atoms with van der Waals surface area (Å²) in [5.74, 6) is -4.44. The van der Waals surface area contributed by atoms with E-state index in [-0.39, 0.29) is 30.7 Å². The molecule has 5 unspecified atom stereocenters. The van der Waals surface area contributed by atoms with Crippen molar-refractivity contribution in [2.75, 3.05) is 13.1 Å². The Morgan fingerprint density at radius 2 is 1.72 bits per heavy atom. The van der Waals surface area contributed by atoms with E-state index in [2.05, 4.69) is 10.3 Å². The van der Waals surface area contributed by atoms with Crippen molar-refractivity contribution in [3.63, 3.8) is 0 Å². The molecule has 7 atom stereocenters. The molecule has 2 amide bonds. The fourth-order valence-corrected chi connectivity index (χ4v) is 7.61. The average Bonchev–Trinajstić information content (AvgIpc) is 3.49. The van der Waals surface area contributed by atoms with Crippen molar-refractivity contribution in [2.45, 2.75) is 74.4 Å². The summed E-state index contributed by atoms with van der Waals surface area (Å²) in [4.78, 5) is 46.1. The fraction of sp³-hybridized carbons (Fsp3) is 0.593. The van der Waals surface area contributed by atoms with E-state index in [9.17, 15) is 51.0 Å². The summed E-state index contributed by atoms with van der Waals surface area (Å²) in [6.45, 7) is 0.128. The second-order valence-corrected chi connectivity index (χ2v) is 12.3. The van der Waals surface area contributed by atoms with Crippen LogP contribution in [0.5, 0.6) is 0 Å². The second-order valence-electron chi connectivity index (χ2n) is 12.3. The number of rotatable bonds is 4. The second kappa shape index (κ2) is 10.1. The summed E-state index contributed by atoms with van der Waals surface area (Å²) in [6, 6.07) is -2.13. The molecule has 1 aromatic rings. The lowest BCUT2D eigenvalue weighted by molar-refractivity contribution is -0.844. The first-order chi connectivity index (χ1) is 21.3. The number of ether oxygens (including phenoxy) is 1. The molecule has 1 saturated carbocycles. The Morgan fingerprint density at radius 1 is 1.11 bits per heavy atom. The highest BCUT2D eigenvalue weighted by atomic mass is 19.4. The van der Waals surface area contributed by atoms with Gasteiger partial charge in [0.25, 0.3) is 5.66 Å². The number of halogens is 6. The summed E-state index contributed by atoms with van der Waals surface area (Å²) in [5, 5.41) is 26.0. The maximum Gasteiger partial charge on any atom is 0.417 e. The highest BCUT2D eigenvalue weighted by molar-refractivity contribution is 6.05. The van der Waals surface area contributed by atoms with E-state index in [4.69, 9.17) is 16.2 Å². The molecule has 6 rings (SSSR count). The van der Waals surface area contributed by atoms with Gasteiger partial charge < -0.3 is 20.8 Å². The Kier molecular flexibility index (Phi) is 6.96. The molecule has 1 aromatic carbocycles. The van der Waals surface area contributed by atoms with Crippen LogP contribution < -0.4 is 16.8 Å². The van der Waals surface area contributed by atoms with Crippen molar-refractivity contribution < 1.29 is 60.5 Å². The normalized spacial score (nSPS) is 34.3. The molecule has 3 fully saturated rings. The Labute approximate surface area is 256 Å². The maximum absolute atomic E-state index is 13.7. The van der Waals surface area contributed by atoms with Crippen LogP contribution >= 0.6 is 0 Å².